The van der Waals surface area contributed by atoms with Crippen LogP contribution in [0.15, 0.2) is 84.4 Å². The van der Waals surface area contributed by atoms with Crippen LogP contribution in [0.1, 0.15) is 21.6 Å². The van der Waals surface area contributed by atoms with Crippen molar-refractivity contribution in [3.8, 4) is 0 Å². The Morgan fingerprint density at radius 1 is 1.00 bits per heavy atom. The molecular formula is C21H21N3O4+2. The number of benzene rings is 1. The fraction of sp³-hybridized carbons (Fsp3) is 0.143. The molecule has 0 aliphatic heterocycles. The van der Waals surface area contributed by atoms with Crippen LogP contribution in [-0.2, 0) is 29.5 Å². The maximum Gasteiger partial charge on any atom is 0.344 e. The molecule has 2 heterocycles. The van der Waals surface area contributed by atoms with Crippen molar-refractivity contribution in [3.63, 3.8) is 0 Å². The second kappa shape index (κ2) is 9.94. The molecule has 142 valence electrons. The van der Waals surface area contributed by atoms with E-state index < -0.39 is 5.97 Å². The molecule has 7 nitrogen and oxygen atoms in total. The molecule has 0 bridgehead atoms. The second-order valence-corrected chi connectivity index (χ2v) is 5.97. The van der Waals surface area contributed by atoms with E-state index in [-0.39, 0.29) is 20.1 Å². The lowest BCUT2D eigenvalue weighted by Crippen LogP contribution is -2.43. The summed E-state index contributed by atoms with van der Waals surface area (Å²) in [4.78, 5) is 12.3. The number of ether oxygens (including phenoxy) is 2. The summed E-state index contributed by atoms with van der Waals surface area (Å²) in [5.41, 5.74) is 2.08. The summed E-state index contributed by atoms with van der Waals surface area (Å²) in [6.45, 7) is 0.736. The third-order valence-corrected chi connectivity index (χ3v) is 3.94. The highest BCUT2D eigenvalue weighted by molar-refractivity contribution is 5.88. The van der Waals surface area contributed by atoms with Crippen LogP contribution in [-0.4, -0.2) is 17.4 Å². The quantitative estimate of drug-likeness (QED) is 0.214. The number of esters is 1. The number of carbonyl (C=O) groups is 1. The predicted molar refractivity (Wildman–Crippen MR) is 99.3 cm³/mol. The summed E-state index contributed by atoms with van der Waals surface area (Å²) in [6, 6.07) is 18.5. The van der Waals surface area contributed by atoms with Gasteiger partial charge in [-0.25, -0.2) is 4.79 Å². The van der Waals surface area contributed by atoms with Gasteiger partial charge in [-0.15, -0.1) is 0 Å². The van der Waals surface area contributed by atoms with E-state index in [4.69, 9.17) is 14.7 Å². The molecule has 0 saturated carbocycles. The van der Waals surface area contributed by atoms with Gasteiger partial charge in [-0.1, -0.05) is 35.5 Å². The van der Waals surface area contributed by atoms with Crippen molar-refractivity contribution in [2.75, 3.05) is 0 Å². The van der Waals surface area contributed by atoms with Crippen molar-refractivity contribution in [2.24, 2.45) is 5.16 Å². The monoisotopic (exact) mass is 379 g/mol. The maximum absolute atomic E-state index is 12.3. The van der Waals surface area contributed by atoms with Crippen molar-refractivity contribution in [3.05, 3.63) is 96.1 Å². The minimum Gasteiger partial charge on any atom is -0.457 e. The average molecular weight is 379 g/mol. The number of nitrogens with zero attached hydrogens (tertiary/aromatic N) is 3. The highest BCUT2D eigenvalue weighted by Gasteiger charge is 2.14. The first-order chi connectivity index (χ1) is 13.8. The predicted octanol–water partition coefficient (Wildman–Crippen LogP) is 2.06. The summed E-state index contributed by atoms with van der Waals surface area (Å²) in [5, 5.41) is 11.8. The summed E-state index contributed by atoms with van der Waals surface area (Å²) in [7, 11) is 0. The molecule has 0 aliphatic carbocycles. The van der Waals surface area contributed by atoms with Crippen LogP contribution in [0.4, 0.5) is 0 Å². The maximum atomic E-state index is 12.3. The van der Waals surface area contributed by atoms with Gasteiger partial charge in [-0.2, -0.15) is 9.13 Å². The Hall–Kier alpha value is -3.58. The molecule has 0 amide bonds. The largest absolute Gasteiger partial charge is 0.457 e. The number of aromatic nitrogens is 2. The van der Waals surface area contributed by atoms with E-state index in [9.17, 15) is 4.79 Å². The van der Waals surface area contributed by atoms with Crippen LogP contribution < -0.4 is 9.13 Å². The zero-order valence-corrected chi connectivity index (χ0v) is 15.2. The molecule has 3 rings (SSSR count). The summed E-state index contributed by atoms with van der Waals surface area (Å²) in [6.07, 6.45) is 6.64. The molecule has 0 radical (unpaired) electrons. The molecule has 3 aromatic rings. The van der Waals surface area contributed by atoms with Crippen LogP contribution in [0.5, 0.6) is 0 Å². The van der Waals surface area contributed by atoms with Crippen LogP contribution in [0.25, 0.3) is 0 Å². The van der Waals surface area contributed by atoms with Crippen molar-refractivity contribution < 1.29 is 28.6 Å². The lowest BCUT2D eigenvalue weighted by Gasteiger charge is -2.04. The lowest BCUT2D eigenvalue weighted by atomic mass is 10.2. The zero-order valence-electron chi connectivity index (χ0n) is 15.2. The molecule has 0 atom stereocenters. The van der Waals surface area contributed by atoms with E-state index in [0.29, 0.717) is 11.3 Å². The van der Waals surface area contributed by atoms with E-state index in [1.165, 1.54) is 6.21 Å². The number of oxime groups is 1. The Kier molecular flexibility index (Phi) is 6.81. The molecule has 0 unspecified atom stereocenters. The van der Waals surface area contributed by atoms with E-state index in [0.717, 1.165) is 5.56 Å². The SMILES string of the molecule is O=C(OCc1ccccc1)c1ccc[n+](COC[n+]2ccccc2C=NO)c1. The van der Waals surface area contributed by atoms with Crippen LogP contribution >= 0.6 is 0 Å². The molecule has 28 heavy (non-hydrogen) atoms. The van der Waals surface area contributed by atoms with Crippen molar-refractivity contribution in [2.45, 2.75) is 20.1 Å². The molecule has 2 aromatic heterocycles. The van der Waals surface area contributed by atoms with Gasteiger partial charge in [0.05, 0.1) is 0 Å². The number of carbonyl (C=O) groups excluding carboxylic acids is 1. The highest BCUT2D eigenvalue weighted by Crippen LogP contribution is 2.04. The van der Waals surface area contributed by atoms with Crippen LogP contribution in [0.3, 0.4) is 0 Å². The Bertz CT molecular complexity index is 945. The van der Waals surface area contributed by atoms with E-state index in [1.54, 1.807) is 39.7 Å². The number of hydrogen-bond donors (Lipinski definition) is 1. The highest BCUT2D eigenvalue weighted by atomic mass is 16.5. The molecule has 0 saturated heterocycles. The van der Waals surface area contributed by atoms with Crippen LogP contribution in [0, 0.1) is 0 Å². The van der Waals surface area contributed by atoms with E-state index >= 15 is 0 Å². The van der Waals surface area contributed by atoms with Crippen molar-refractivity contribution >= 4 is 12.2 Å². The van der Waals surface area contributed by atoms with Crippen LogP contribution in [0.2, 0.25) is 0 Å². The third kappa shape index (κ3) is 5.46. The number of pyridine rings is 2. The van der Waals surface area contributed by atoms with Gasteiger partial charge in [0.2, 0.25) is 5.69 Å². The molecule has 0 fully saturated rings. The van der Waals surface area contributed by atoms with Gasteiger partial charge in [0, 0.05) is 18.2 Å². The van der Waals surface area contributed by atoms with E-state index in [1.807, 2.05) is 48.7 Å². The molecule has 1 N–H and O–H groups in total. The Morgan fingerprint density at radius 2 is 1.82 bits per heavy atom. The number of hydrogen-bond acceptors (Lipinski definition) is 5. The minimum atomic E-state index is -0.392. The third-order valence-electron chi connectivity index (χ3n) is 3.94. The first kappa shape index (κ1) is 19.2. The molecule has 0 spiro atoms. The first-order valence-electron chi connectivity index (χ1n) is 8.70. The zero-order chi connectivity index (χ0) is 19.6. The molecular weight excluding hydrogens is 358 g/mol. The smallest absolute Gasteiger partial charge is 0.344 e. The summed E-state index contributed by atoms with van der Waals surface area (Å²) < 4.78 is 14.6. The second-order valence-electron chi connectivity index (χ2n) is 5.97. The van der Waals surface area contributed by atoms with Gasteiger partial charge in [0.25, 0.3) is 13.5 Å². The fourth-order valence-electron chi connectivity index (χ4n) is 2.56. The van der Waals surface area contributed by atoms with Gasteiger partial charge < -0.3 is 9.94 Å². The Labute approximate surface area is 162 Å². The fourth-order valence-corrected chi connectivity index (χ4v) is 2.56. The molecule has 1 aromatic carbocycles. The van der Waals surface area contributed by atoms with Gasteiger partial charge in [0.15, 0.2) is 18.6 Å². The first-order valence-corrected chi connectivity index (χ1v) is 8.70. The standard InChI is InChI=1S/C21H20N3O4/c25-21(28-15-18-7-2-1-3-8-18)19-9-6-11-23(14-19)16-27-17-24-12-5-4-10-20(24)13-22-26/h1-14H,15-17H2/q+1/p+1. The average Bonchev–Trinajstić information content (AvgIpc) is 2.74. The lowest BCUT2D eigenvalue weighted by molar-refractivity contribution is -0.788. The molecule has 0 aliphatic rings. The topological polar surface area (TPSA) is 75.9 Å². The van der Waals surface area contributed by atoms with Gasteiger partial charge >= 0.3 is 5.97 Å². The number of rotatable bonds is 8. The Balaban J connectivity index is 1.55. The van der Waals surface area contributed by atoms with Gasteiger partial charge in [-0.05, 0) is 17.7 Å². The van der Waals surface area contributed by atoms with Crippen molar-refractivity contribution in [1.29, 1.82) is 0 Å². The van der Waals surface area contributed by atoms with Gasteiger partial charge in [-0.3, -0.25) is 4.74 Å². The minimum absolute atomic E-state index is 0.227. The van der Waals surface area contributed by atoms with Crippen molar-refractivity contribution in [1.82, 2.24) is 0 Å². The van der Waals surface area contributed by atoms with Gasteiger partial charge in [0.1, 0.15) is 18.4 Å². The van der Waals surface area contributed by atoms with E-state index in [2.05, 4.69) is 5.16 Å². The normalized spacial score (nSPS) is 10.9. The Morgan fingerprint density at radius 3 is 2.64 bits per heavy atom. The molecule has 7 heteroatoms. The summed E-state index contributed by atoms with van der Waals surface area (Å²) in [5.74, 6) is -0.392. The summed E-state index contributed by atoms with van der Waals surface area (Å²) >= 11 is 0.